The summed E-state index contributed by atoms with van der Waals surface area (Å²) in [4.78, 5) is 6.79. The number of guanidine groups is 1. The van der Waals surface area contributed by atoms with Crippen molar-refractivity contribution < 1.29 is 4.74 Å². The molecule has 0 saturated carbocycles. The Morgan fingerprint density at radius 1 is 1.35 bits per heavy atom. The van der Waals surface area contributed by atoms with Crippen LogP contribution in [-0.4, -0.2) is 44.2 Å². The van der Waals surface area contributed by atoms with Crippen molar-refractivity contribution in [3.63, 3.8) is 0 Å². The van der Waals surface area contributed by atoms with Crippen LogP contribution < -0.4 is 5.32 Å². The topological polar surface area (TPSA) is 36.9 Å². The Balaban J connectivity index is 1.57. The minimum absolute atomic E-state index is 0.297. The second-order valence-electron chi connectivity index (χ2n) is 5.33. The predicted octanol–water partition coefficient (Wildman–Crippen LogP) is 1.97. The molecule has 1 atom stereocenters. The molecule has 2 heterocycles. The molecule has 1 aromatic rings. The molecule has 1 aromatic carbocycles. The molecule has 3 rings (SSSR count). The average Bonchev–Trinajstić information content (AvgIpc) is 2.99. The summed E-state index contributed by atoms with van der Waals surface area (Å²) in [6, 6.07) is 10.8. The zero-order valence-corrected chi connectivity index (χ0v) is 11.9. The van der Waals surface area contributed by atoms with Gasteiger partial charge in [0.15, 0.2) is 5.96 Å². The van der Waals surface area contributed by atoms with Crippen LogP contribution in [0.2, 0.25) is 0 Å². The van der Waals surface area contributed by atoms with Crippen molar-refractivity contribution in [2.45, 2.75) is 12.5 Å². The summed E-state index contributed by atoms with van der Waals surface area (Å²) in [5, 5.41) is 3.50. The molecule has 20 heavy (non-hydrogen) atoms. The summed E-state index contributed by atoms with van der Waals surface area (Å²) in [5.41, 5.74) is 2.63. The molecule has 0 saturated heterocycles. The largest absolute Gasteiger partial charge is 0.377 e. The SMILES string of the molecule is CN(CC1=CCCOC1)C1=NCC(c2ccccc2)N1. The summed E-state index contributed by atoms with van der Waals surface area (Å²) in [6.07, 6.45) is 3.31. The summed E-state index contributed by atoms with van der Waals surface area (Å²) in [5.74, 6) is 0.977. The average molecular weight is 271 g/mol. The minimum Gasteiger partial charge on any atom is -0.377 e. The highest BCUT2D eigenvalue weighted by Gasteiger charge is 2.21. The molecule has 0 amide bonds. The van der Waals surface area contributed by atoms with Crippen molar-refractivity contribution in [1.82, 2.24) is 10.2 Å². The van der Waals surface area contributed by atoms with Gasteiger partial charge in [-0.1, -0.05) is 36.4 Å². The van der Waals surface area contributed by atoms with E-state index in [1.807, 2.05) is 6.07 Å². The van der Waals surface area contributed by atoms with Crippen LogP contribution in [0, 0.1) is 0 Å². The smallest absolute Gasteiger partial charge is 0.194 e. The molecule has 2 aliphatic rings. The van der Waals surface area contributed by atoms with E-state index in [2.05, 4.69) is 52.6 Å². The molecule has 2 aliphatic heterocycles. The number of likely N-dealkylation sites (N-methyl/N-ethyl adjacent to an activating group) is 1. The van der Waals surface area contributed by atoms with Crippen LogP contribution in [0.5, 0.6) is 0 Å². The van der Waals surface area contributed by atoms with Crippen LogP contribution in [0.25, 0.3) is 0 Å². The molecule has 4 heteroatoms. The van der Waals surface area contributed by atoms with Crippen LogP contribution >= 0.6 is 0 Å². The Bertz CT molecular complexity index is 510. The van der Waals surface area contributed by atoms with Crippen molar-refractivity contribution in [3.05, 3.63) is 47.5 Å². The number of hydrogen-bond donors (Lipinski definition) is 1. The van der Waals surface area contributed by atoms with Crippen LogP contribution in [0.15, 0.2) is 47.0 Å². The van der Waals surface area contributed by atoms with Crippen molar-refractivity contribution >= 4 is 5.96 Å². The Hall–Kier alpha value is -1.81. The fraction of sp³-hybridized carbons (Fsp3) is 0.438. The number of rotatable bonds is 3. The van der Waals surface area contributed by atoms with Gasteiger partial charge in [-0.15, -0.1) is 0 Å². The van der Waals surface area contributed by atoms with E-state index in [0.717, 1.165) is 38.7 Å². The molecule has 0 radical (unpaired) electrons. The Labute approximate surface area is 120 Å². The first-order valence-corrected chi connectivity index (χ1v) is 7.15. The quantitative estimate of drug-likeness (QED) is 0.854. The molecule has 1 unspecified atom stereocenters. The molecular weight excluding hydrogens is 250 g/mol. The van der Waals surface area contributed by atoms with E-state index < -0.39 is 0 Å². The molecule has 0 aromatic heterocycles. The Morgan fingerprint density at radius 2 is 2.20 bits per heavy atom. The molecule has 0 fully saturated rings. The van der Waals surface area contributed by atoms with Gasteiger partial charge in [-0.2, -0.15) is 0 Å². The summed E-state index contributed by atoms with van der Waals surface area (Å²) in [6.45, 7) is 3.29. The van der Waals surface area contributed by atoms with Crippen LogP contribution in [-0.2, 0) is 4.74 Å². The number of nitrogens with one attached hydrogen (secondary N) is 1. The van der Waals surface area contributed by atoms with Gasteiger partial charge in [-0.3, -0.25) is 4.99 Å². The van der Waals surface area contributed by atoms with Gasteiger partial charge in [0, 0.05) is 13.6 Å². The lowest BCUT2D eigenvalue weighted by atomic mass is 10.1. The highest BCUT2D eigenvalue weighted by atomic mass is 16.5. The predicted molar refractivity (Wildman–Crippen MR) is 80.8 cm³/mol. The van der Waals surface area contributed by atoms with Crippen molar-refractivity contribution in [1.29, 1.82) is 0 Å². The first-order chi connectivity index (χ1) is 9.83. The van der Waals surface area contributed by atoms with Gasteiger partial charge in [-0.05, 0) is 17.6 Å². The van der Waals surface area contributed by atoms with Gasteiger partial charge in [0.05, 0.1) is 25.8 Å². The maximum atomic E-state index is 5.48. The zero-order chi connectivity index (χ0) is 13.8. The zero-order valence-electron chi connectivity index (χ0n) is 11.9. The third kappa shape index (κ3) is 3.02. The molecule has 0 aliphatic carbocycles. The van der Waals surface area contributed by atoms with Gasteiger partial charge in [0.2, 0.25) is 0 Å². The monoisotopic (exact) mass is 271 g/mol. The third-order valence-electron chi connectivity index (χ3n) is 3.71. The van der Waals surface area contributed by atoms with Crippen molar-refractivity contribution in [2.75, 3.05) is 33.4 Å². The number of nitrogens with zero attached hydrogens (tertiary/aromatic N) is 2. The third-order valence-corrected chi connectivity index (χ3v) is 3.71. The second kappa shape index (κ2) is 6.09. The van der Waals surface area contributed by atoms with Gasteiger partial charge in [0.25, 0.3) is 0 Å². The maximum absolute atomic E-state index is 5.48. The van der Waals surface area contributed by atoms with Crippen LogP contribution in [0.1, 0.15) is 18.0 Å². The summed E-state index contributed by atoms with van der Waals surface area (Å²) < 4.78 is 5.48. The highest BCUT2D eigenvalue weighted by molar-refractivity contribution is 5.82. The first-order valence-electron chi connectivity index (χ1n) is 7.15. The van der Waals surface area contributed by atoms with E-state index in [1.165, 1.54) is 11.1 Å². The van der Waals surface area contributed by atoms with E-state index >= 15 is 0 Å². The lowest BCUT2D eigenvalue weighted by Crippen LogP contribution is -2.38. The number of benzene rings is 1. The van der Waals surface area contributed by atoms with Crippen LogP contribution in [0.4, 0.5) is 0 Å². The van der Waals surface area contributed by atoms with E-state index in [0.29, 0.717) is 6.04 Å². The standard InChI is InChI=1S/C16H21N3O/c1-19(11-13-6-5-9-20-12-13)16-17-10-15(18-16)14-7-3-2-4-8-14/h2-4,6-8,15H,5,9-12H2,1H3,(H,17,18). The van der Waals surface area contributed by atoms with Gasteiger partial charge < -0.3 is 15.0 Å². The Morgan fingerprint density at radius 3 is 2.95 bits per heavy atom. The first kappa shape index (κ1) is 13.2. The molecule has 1 N–H and O–H groups in total. The summed E-state index contributed by atoms with van der Waals surface area (Å²) in [7, 11) is 2.08. The minimum atomic E-state index is 0.297. The maximum Gasteiger partial charge on any atom is 0.194 e. The number of aliphatic imine (C=N–C) groups is 1. The van der Waals surface area contributed by atoms with E-state index in [9.17, 15) is 0 Å². The van der Waals surface area contributed by atoms with Gasteiger partial charge in [-0.25, -0.2) is 0 Å². The van der Waals surface area contributed by atoms with Gasteiger partial charge in [0.1, 0.15) is 0 Å². The molecular formula is C16H21N3O. The van der Waals surface area contributed by atoms with Crippen molar-refractivity contribution in [2.24, 2.45) is 4.99 Å². The van der Waals surface area contributed by atoms with Gasteiger partial charge >= 0.3 is 0 Å². The second-order valence-corrected chi connectivity index (χ2v) is 5.33. The molecule has 0 spiro atoms. The van der Waals surface area contributed by atoms with E-state index in [1.54, 1.807) is 0 Å². The van der Waals surface area contributed by atoms with Crippen LogP contribution in [0.3, 0.4) is 0 Å². The molecule has 106 valence electrons. The molecule has 0 bridgehead atoms. The normalized spacial score (nSPS) is 21.9. The lowest BCUT2D eigenvalue weighted by Gasteiger charge is -2.24. The fourth-order valence-corrected chi connectivity index (χ4v) is 2.63. The lowest BCUT2D eigenvalue weighted by molar-refractivity contribution is 0.146. The summed E-state index contributed by atoms with van der Waals surface area (Å²) >= 11 is 0. The highest BCUT2D eigenvalue weighted by Crippen LogP contribution is 2.18. The number of hydrogen-bond acceptors (Lipinski definition) is 4. The molecule has 4 nitrogen and oxygen atoms in total. The van der Waals surface area contributed by atoms with E-state index in [4.69, 9.17) is 4.74 Å². The number of ether oxygens (including phenoxy) is 1. The Kier molecular flexibility index (Phi) is 4.02. The fourth-order valence-electron chi connectivity index (χ4n) is 2.63. The van der Waals surface area contributed by atoms with Crippen molar-refractivity contribution in [3.8, 4) is 0 Å². The van der Waals surface area contributed by atoms with E-state index in [-0.39, 0.29) is 0 Å².